The van der Waals surface area contributed by atoms with Crippen molar-refractivity contribution in [1.82, 2.24) is 4.98 Å². The van der Waals surface area contributed by atoms with Gasteiger partial charge in [0.25, 0.3) is 0 Å². The monoisotopic (exact) mass is 203 g/mol. The van der Waals surface area contributed by atoms with Crippen molar-refractivity contribution in [2.45, 2.75) is 20.3 Å². The van der Waals surface area contributed by atoms with Gasteiger partial charge in [-0.25, -0.2) is 0 Å². The summed E-state index contributed by atoms with van der Waals surface area (Å²) in [6.45, 7) is 4.34. The predicted octanol–water partition coefficient (Wildman–Crippen LogP) is 3.35. The number of aryl methyl sites for hydroxylation is 1. The number of hydrogen-bond acceptors (Lipinski definition) is 2. The maximum absolute atomic E-state index is 4.09. The maximum Gasteiger partial charge on any atom is 0.0794 e. The van der Waals surface area contributed by atoms with E-state index < -0.39 is 0 Å². The molecule has 2 aromatic rings. The highest BCUT2D eigenvalue weighted by Gasteiger charge is 2.02. The van der Waals surface area contributed by atoms with Crippen LogP contribution in [0.3, 0.4) is 0 Å². The molecule has 0 aliphatic carbocycles. The standard InChI is InChI=1S/C12H13NS/c1-9-4-3-5-11(10(9)2)6-12-7-13-8-14-12/h3-5,7-8H,6H2,1-2H3. The third kappa shape index (κ3) is 1.85. The van der Waals surface area contributed by atoms with E-state index in [9.17, 15) is 0 Å². The molecule has 0 N–H and O–H groups in total. The second-order valence-corrected chi connectivity index (χ2v) is 4.47. The highest BCUT2D eigenvalue weighted by molar-refractivity contribution is 7.09. The van der Waals surface area contributed by atoms with Crippen LogP contribution in [-0.2, 0) is 6.42 Å². The van der Waals surface area contributed by atoms with Crippen LogP contribution in [0.1, 0.15) is 21.6 Å². The van der Waals surface area contributed by atoms with Gasteiger partial charge in [0.1, 0.15) is 0 Å². The maximum atomic E-state index is 4.09. The van der Waals surface area contributed by atoms with E-state index in [1.807, 2.05) is 11.7 Å². The molecule has 0 bridgehead atoms. The van der Waals surface area contributed by atoms with E-state index in [4.69, 9.17) is 0 Å². The molecule has 0 radical (unpaired) electrons. The number of benzene rings is 1. The zero-order chi connectivity index (χ0) is 9.97. The van der Waals surface area contributed by atoms with Crippen LogP contribution < -0.4 is 0 Å². The molecule has 0 saturated carbocycles. The summed E-state index contributed by atoms with van der Waals surface area (Å²) in [6.07, 6.45) is 2.96. The third-order valence-electron chi connectivity index (χ3n) is 2.56. The van der Waals surface area contributed by atoms with Crippen molar-refractivity contribution >= 4 is 11.3 Å². The summed E-state index contributed by atoms with van der Waals surface area (Å²) in [6, 6.07) is 6.48. The zero-order valence-electron chi connectivity index (χ0n) is 8.45. The van der Waals surface area contributed by atoms with Gasteiger partial charge in [-0.05, 0) is 30.5 Å². The topological polar surface area (TPSA) is 12.9 Å². The van der Waals surface area contributed by atoms with Crippen molar-refractivity contribution in [3.8, 4) is 0 Å². The fraction of sp³-hybridized carbons (Fsp3) is 0.250. The van der Waals surface area contributed by atoms with Gasteiger partial charge < -0.3 is 0 Å². The Morgan fingerprint density at radius 3 is 2.86 bits per heavy atom. The smallest absolute Gasteiger partial charge is 0.0794 e. The number of thiazole rings is 1. The molecule has 2 rings (SSSR count). The van der Waals surface area contributed by atoms with Gasteiger partial charge in [-0.3, -0.25) is 4.98 Å². The first-order valence-electron chi connectivity index (χ1n) is 4.70. The van der Waals surface area contributed by atoms with Gasteiger partial charge in [0.05, 0.1) is 5.51 Å². The molecule has 0 atom stereocenters. The van der Waals surface area contributed by atoms with Crippen LogP contribution in [0.4, 0.5) is 0 Å². The van der Waals surface area contributed by atoms with Crippen molar-refractivity contribution in [2.75, 3.05) is 0 Å². The molecule has 1 aromatic carbocycles. The second kappa shape index (κ2) is 3.93. The Bertz CT molecular complexity index is 418. The molecule has 0 aliphatic heterocycles. The van der Waals surface area contributed by atoms with Crippen LogP contribution in [0, 0.1) is 13.8 Å². The van der Waals surface area contributed by atoms with Crippen LogP contribution in [0.15, 0.2) is 29.9 Å². The summed E-state index contributed by atoms with van der Waals surface area (Å²) in [7, 11) is 0. The Labute approximate surface area is 88.4 Å². The van der Waals surface area contributed by atoms with Crippen molar-refractivity contribution in [3.05, 3.63) is 51.5 Å². The van der Waals surface area contributed by atoms with Crippen molar-refractivity contribution in [3.63, 3.8) is 0 Å². The molecule has 1 nitrogen and oxygen atoms in total. The van der Waals surface area contributed by atoms with Gasteiger partial charge in [0, 0.05) is 17.5 Å². The molecule has 2 heteroatoms. The van der Waals surface area contributed by atoms with E-state index in [0.29, 0.717) is 0 Å². The summed E-state index contributed by atoms with van der Waals surface area (Å²) in [5, 5.41) is 0. The van der Waals surface area contributed by atoms with E-state index in [1.165, 1.54) is 21.6 Å². The lowest BCUT2D eigenvalue weighted by molar-refractivity contribution is 1.15. The van der Waals surface area contributed by atoms with Crippen LogP contribution in [-0.4, -0.2) is 4.98 Å². The van der Waals surface area contributed by atoms with Crippen LogP contribution in [0.25, 0.3) is 0 Å². The summed E-state index contributed by atoms with van der Waals surface area (Å²) >= 11 is 1.72. The van der Waals surface area contributed by atoms with Gasteiger partial charge in [-0.1, -0.05) is 18.2 Å². The molecule has 0 fully saturated rings. The highest BCUT2D eigenvalue weighted by atomic mass is 32.1. The SMILES string of the molecule is Cc1cccc(Cc2cncs2)c1C. The molecular weight excluding hydrogens is 190 g/mol. The first-order valence-corrected chi connectivity index (χ1v) is 5.58. The highest BCUT2D eigenvalue weighted by Crippen LogP contribution is 2.18. The van der Waals surface area contributed by atoms with E-state index in [-0.39, 0.29) is 0 Å². The van der Waals surface area contributed by atoms with E-state index in [0.717, 1.165) is 6.42 Å². The van der Waals surface area contributed by atoms with E-state index in [1.54, 1.807) is 11.3 Å². The average molecular weight is 203 g/mol. The fourth-order valence-corrected chi connectivity index (χ4v) is 2.14. The Balaban J connectivity index is 2.29. The third-order valence-corrected chi connectivity index (χ3v) is 3.34. The Hall–Kier alpha value is -1.15. The largest absolute Gasteiger partial charge is 0.253 e. The lowest BCUT2D eigenvalue weighted by Gasteiger charge is -2.06. The molecule has 1 aromatic heterocycles. The Morgan fingerprint density at radius 1 is 1.29 bits per heavy atom. The van der Waals surface area contributed by atoms with Gasteiger partial charge in [0.2, 0.25) is 0 Å². The Morgan fingerprint density at radius 2 is 2.14 bits per heavy atom. The molecule has 1 heterocycles. The fourth-order valence-electron chi connectivity index (χ4n) is 1.52. The van der Waals surface area contributed by atoms with Crippen molar-refractivity contribution < 1.29 is 0 Å². The molecule has 0 saturated heterocycles. The number of hydrogen-bond donors (Lipinski definition) is 0. The molecule has 0 unspecified atom stereocenters. The lowest BCUT2D eigenvalue weighted by atomic mass is 10.0. The van der Waals surface area contributed by atoms with E-state index >= 15 is 0 Å². The number of aromatic nitrogens is 1. The van der Waals surface area contributed by atoms with Gasteiger partial charge in [0.15, 0.2) is 0 Å². The minimum atomic E-state index is 1.01. The zero-order valence-corrected chi connectivity index (χ0v) is 9.27. The molecular formula is C12H13NS. The summed E-state index contributed by atoms with van der Waals surface area (Å²) in [5.74, 6) is 0. The predicted molar refractivity (Wildman–Crippen MR) is 60.8 cm³/mol. The summed E-state index contributed by atoms with van der Waals surface area (Å²) < 4.78 is 0. The number of rotatable bonds is 2. The van der Waals surface area contributed by atoms with Gasteiger partial charge >= 0.3 is 0 Å². The van der Waals surface area contributed by atoms with Crippen LogP contribution in [0.2, 0.25) is 0 Å². The minimum Gasteiger partial charge on any atom is -0.253 e. The Kier molecular flexibility index (Phi) is 2.64. The first-order chi connectivity index (χ1) is 6.77. The first kappa shape index (κ1) is 9.41. The molecule has 72 valence electrons. The van der Waals surface area contributed by atoms with Gasteiger partial charge in [-0.15, -0.1) is 11.3 Å². The molecule has 14 heavy (non-hydrogen) atoms. The normalized spacial score (nSPS) is 10.4. The van der Waals surface area contributed by atoms with Gasteiger partial charge in [-0.2, -0.15) is 0 Å². The van der Waals surface area contributed by atoms with Crippen molar-refractivity contribution in [2.24, 2.45) is 0 Å². The summed E-state index contributed by atoms with van der Waals surface area (Å²) in [4.78, 5) is 5.42. The van der Waals surface area contributed by atoms with Crippen LogP contribution >= 0.6 is 11.3 Å². The van der Waals surface area contributed by atoms with Crippen LogP contribution in [0.5, 0.6) is 0 Å². The minimum absolute atomic E-state index is 1.01. The van der Waals surface area contributed by atoms with E-state index in [2.05, 4.69) is 37.0 Å². The van der Waals surface area contributed by atoms with Crippen molar-refractivity contribution in [1.29, 1.82) is 0 Å². The molecule has 0 amide bonds. The molecule has 0 spiro atoms. The number of nitrogens with zero attached hydrogens (tertiary/aromatic N) is 1. The molecule has 0 aliphatic rings. The average Bonchev–Trinajstić information content (AvgIpc) is 2.66. The summed E-state index contributed by atoms with van der Waals surface area (Å²) in [5.41, 5.74) is 6.07. The lowest BCUT2D eigenvalue weighted by Crippen LogP contribution is -1.91. The second-order valence-electron chi connectivity index (χ2n) is 3.50. The quantitative estimate of drug-likeness (QED) is 0.729.